The molecule has 3 rings (SSSR count). The second kappa shape index (κ2) is 6.79. The van der Waals surface area contributed by atoms with Gasteiger partial charge in [-0.3, -0.25) is 0 Å². The third-order valence-corrected chi connectivity index (χ3v) is 4.63. The highest BCUT2D eigenvalue weighted by Gasteiger charge is 2.24. The molecule has 0 saturated heterocycles. The molecule has 1 saturated carbocycles. The summed E-state index contributed by atoms with van der Waals surface area (Å²) < 4.78 is 7.22. The molecular formula is C18H20INO. The Kier molecular flexibility index (Phi) is 4.80. The number of benzene rings is 2. The fourth-order valence-corrected chi connectivity index (χ4v) is 3.17. The van der Waals surface area contributed by atoms with Crippen molar-refractivity contribution in [3.8, 4) is 5.75 Å². The third kappa shape index (κ3) is 3.77. The van der Waals surface area contributed by atoms with E-state index in [4.69, 9.17) is 4.74 Å². The second-order valence-corrected chi connectivity index (χ2v) is 6.56. The molecular weight excluding hydrogens is 373 g/mol. The smallest absolute Gasteiger partial charge is 0.120 e. The molecule has 0 radical (unpaired) electrons. The normalized spacial score (nSPS) is 15.7. The van der Waals surface area contributed by atoms with Crippen LogP contribution in [0.1, 0.15) is 36.9 Å². The van der Waals surface area contributed by atoms with Crippen LogP contribution in [0.25, 0.3) is 0 Å². The van der Waals surface area contributed by atoms with Crippen molar-refractivity contribution in [3.63, 3.8) is 0 Å². The molecule has 0 amide bonds. The van der Waals surface area contributed by atoms with E-state index in [0.29, 0.717) is 6.10 Å². The molecule has 0 spiro atoms. The first-order valence-corrected chi connectivity index (χ1v) is 8.60. The van der Waals surface area contributed by atoms with Crippen LogP contribution in [0.5, 0.6) is 5.75 Å². The lowest BCUT2D eigenvalue weighted by atomic mass is 9.98. The van der Waals surface area contributed by atoms with Gasteiger partial charge in [-0.2, -0.15) is 0 Å². The molecule has 2 aromatic rings. The van der Waals surface area contributed by atoms with Crippen LogP contribution in [0, 0.1) is 3.57 Å². The van der Waals surface area contributed by atoms with E-state index in [1.54, 1.807) is 0 Å². The van der Waals surface area contributed by atoms with E-state index in [1.165, 1.54) is 27.5 Å². The molecule has 1 fully saturated rings. The molecule has 110 valence electrons. The number of ether oxygens (including phenoxy) is 1. The van der Waals surface area contributed by atoms with Crippen LogP contribution in [-0.4, -0.2) is 12.6 Å². The fourth-order valence-electron chi connectivity index (χ4n) is 2.47. The molecule has 1 aliphatic carbocycles. The van der Waals surface area contributed by atoms with E-state index >= 15 is 0 Å². The van der Waals surface area contributed by atoms with Gasteiger partial charge in [0.05, 0.1) is 12.1 Å². The molecule has 2 aromatic carbocycles. The molecule has 0 bridgehead atoms. The largest absolute Gasteiger partial charge is 0.490 e. The summed E-state index contributed by atoms with van der Waals surface area (Å²) in [6.07, 6.45) is 2.82. The number of hydrogen-bond donors (Lipinski definition) is 1. The van der Waals surface area contributed by atoms with Crippen molar-refractivity contribution in [2.45, 2.75) is 31.9 Å². The summed E-state index contributed by atoms with van der Waals surface area (Å²) in [6.45, 7) is 3.08. The minimum atomic E-state index is 0.214. The molecule has 2 nitrogen and oxygen atoms in total. The van der Waals surface area contributed by atoms with Gasteiger partial charge in [-0.05, 0) is 71.3 Å². The summed E-state index contributed by atoms with van der Waals surface area (Å²) in [4.78, 5) is 0. The monoisotopic (exact) mass is 393 g/mol. The maximum absolute atomic E-state index is 5.93. The van der Waals surface area contributed by atoms with Crippen molar-refractivity contribution in [1.29, 1.82) is 0 Å². The summed E-state index contributed by atoms with van der Waals surface area (Å²) in [5.74, 6) is 0.990. The van der Waals surface area contributed by atoms with Gasteiger partial charge in [0.25, 0.3) is 0 Å². The predicted octanol–water partition coefficient (Wildman–Crippen LogP) is 4.53. The van der Waals surface area contributed by atoms with Crippen LogP contribution in [0.3, 0.4) is 0 Å². The average molecular weight is 393 g/mol. The highest BCUT2D eigenvalue weighted by molar-refractivity contribution is 14.1. The molecule has 21 heavy (non-hydrogen) atoms. The van der Waals surface area contributed by atoms with Gasteiger partial charge in [-0.15, -0.1) is 0 Å². The van der Waals surface area contributed by atoms with Crippen LogP contribution in [0.2, 0.25) is 0 Å². The Bertz CT molecular complexity index is 610. The SMILES string of the molecule is CCNC(c1cccc(OC2CC2)c1)c1ccccc1I. The molecule has 1 unspecified atom stereocenters. The summed E-state index contributed by atoms with van der Waals surface area (Å²) in [5, 5.41) is 3.59. The first kappa shape index (κ1) is 14.9. The molecule has 1 atom stereocenters. The lowest BCUT2D eigenvalue weighted by Gasteiger charge is -2.21. The van der Waals surface area contributed by atoms with Crippen molar-refractivity contribution < 1.29 is 4.74 Å². The van der Waals surface area contributed by atoms with Gasteiger partial charge in [0, 0.05) is 3.57 Å². The maximum Gasteiger partial charge on any atom is 0.120 e. The van der Waals surface area contributed by atoms with Crippen LogP contribution < -0.4 is 10.1 Å². The number of rotatable bonds is 6. The summed E-state index contributed by atoms with van der Waals surface area (Å²) in [6, 6.07) is 17.3. The molecule has 1 N–H and O–H groups in total. The van der Waals surface area contributed by atoms with E-state index in [2.05, 4.69) is 83.4 Å². The Hall–Kier alpha value is -1.07. The molecule has 0 heterocycles. The molecule has 0 aliphatic heterocycles. The summed E-state index contributed by atoms with van der Waals surface area (Å²) >= 11 is 2.41. The van der Waals surface area contributed by atoms with Gasteiger partial charge in [0.2, 0.25) is 0 Å². The van der Waals surface area contributed by atoms with Crippen LogP contribution in [-0.2, 0) is 0 Å². The first-order valence-electron chi connectivity index (χ1n) is 7.52. The minimum absolute atomic E-state index is 0.214. The van der Waals surface area contributed by atoms with Crippen LogP contribution in [0.15, 0.2) is 48.5 Å². The quantitative estimate of drug-likeness (QED) is 0.729. The standard InChI is InChI=1S/C18H20INO/c1-2-20-18(16-8-3-4-9-17(16)19)13-6-5-7-15(12-13)21-14-10-11-14/h3-9,12,14,18,20H,2,10-11H2,1H3. The topological polar surface area (TPSA) is 21.3 Å². The lowest BCUT2D eigenvalue weighted by molar-refractivity contribution is 0.302. The predicted molar refractivity (Wildman–Crippen MR) is 94.8 cm³/mol. The zero-order chi connectivity index (χ0) is 14.7. The number of hydrogen-bond acceptors (Lipinski definition) is 2. The first-order chi connectivity index (χ1) is 10.3. The number of halogens is 1. The maximum atomic E-state index is 5.93. The van der Waals surface area contributed by atoms with Gasteiger partial charge in [-0.25, -0.2) is 0 Å². The Morgan fingerprint density at radius 1 is 1.19 bits per heavy atom. The Morgan fingerprint density at radius 2 is 2.00 bits per heavy atom. The average Bonchev–Trinajstić information content (AvgIpc) is 3.30. The van der Waals surface area contributed by atoms with Crippen molar-refractivity contribution in [2.24, 2.45) is 0 Å². The van der Waals surface area contributed by atoms with Gasteiger partial charge >= 0.3 is 0 Å². The zero-order valence-electron chi connectivity index (χ0n) is 12.2. The van der Waals surface area contributed by atoms with Gasteiger partial charge in [0.15, 0.2) is 0 Å². The van der Waals surface area contributed by atoms with Gasteiger partial charge < -0.3 is 10.1 Å². The Morgan fingerprint density at radius 3 is 2.71 bits per heavy atom. The van der Waals surface area contributed by atoms with E-state index < -0.39 is 0 Å². The van der Waals surface area contributed by atoms with Crippen molar-refractivity contribution in [2.75, 3.05) is 6.54 Å². The van der Waals surface area contributed by atoms with E-state index in [-0.39, 0.29) is 6.04 Å². The second-order valence-electron chi connectivity index (χ2n) is 5.40. The lowest BCUT2D eigenvalue weighted by Crippen LogP contribution is -2.22. The van der Waals surface area contributed by atoms with E-state index in [9.17, 15) is 0 Å². The zero-order valence-corrected chi connectivity index (χ0v) is 14.3. The third-order valence-electron chi connectivity index (χ3n) is 3.64. The van der Waals surface area contributed by atoms with Gasteiger partial charge in [-0.1, -0.05) is 37.3 Å². The molecule has 0 aromatic heterocycles. The van der Waals surface area contributed by atoms with Crippen molar-refractivity contribution in [3.05, 3.63) is 63.2 Å². The minimum Gasteiger partial charge on any atom is -0.490 e. The Labute approximate surface area is 140 Å². The van der Waals surface area contributed by atoms with Gasteiger partial charge in [0.1, 0.15) is 5.75 Å². The highest BCUT2D eigenvalue weighted by atomic mass is 127. The Balaban J connectivity index is 1.91. The summed E-state index contributed by atoms with van der Waals surface area (Å²) in [7, 11) is 0. The van der Waals surface area contributed by atoms with E-state index in [1.807, 2.05) is 0 Å². The van der Waals surface area contributed by atoms with E-state index in [0.717, 1.165) is 12.3 Å². The van der Waals surface area contributed by atoms with Crippen LogP contribution >= 0.6 is 22.6 Å². The summed E-state index contributed by atoms with van der Waals surface area (Å²) in [5.41, 5.74) is 2.59. The van der Waals surface area contributed by atoms with Crippen molar-refractivity contribution >= 4 is 22.6 Å². The van der Waals surface area contributed by atoms with Crippen molar-refractivity contribution in [1.82, 2.24) is 5.32 Å². The van der Waals surface area contributed by atoms with Crippen LogP contribution in [0.4, 0.5) is 0 Å². The molecule has 3 heteroatoms. The molecule has 1 aliphatic rings. The number of nitrogens with one attached hydrogen (secondary N) is 1. The highest BCUT2D eigenvalue weighted by Crippen LogP contribution is 2.31. The fraction of sp³-hybridized carbons (Fsp3) is 0.333.